The Kier molecular flexibility index (Phi) is 4.28. The fourth-order valence-electron chi connectivity index (χ4n) is 1.23. The second kappa shape index (κ2) is 5.49. The van der Waals surface area contributed by atoms with Crippen LogP contribution in [0.25, 0.3) is 0 Å². The highest BCUT2D eigenvalue weighted by Crippen LogP contribution is 2.05. The van der Waals surface area contributed by atoms with E-state index in [1.54, 1.807) is 23.9 Å². The number of esters is 1. The maximum absolute atomic E-state index is 11.6. The molecule has 1 atom stereocenters. The third-order valence-electron chi connectivity index (χ3n) is 2.05. The smallest absolute Gasteiger partial charge is 0.341 e. The third-order valence-corrected chi connectivity index (χ3v) is 2.05. The molecule has 1 aromatic rings. The first kappa shape index (κ1) is 12.5. The zero-order chi connectivity index (χ0) is 12.1. The summed E-state index contributed by atoms with van der Waals surface area (Å²) in [7, 11) is 0. The summed E-state index contributed by atoms with van der Waals surface area (Å²) >= 11 is 0. The predicted molar refractivity (Wildman–Crippen MR) is 62.1 cm³/mol. The Hall–Kier alpha value is -1.58. The van der Waals surface area contributed by atoms with Crippen molar-refractivity contribution in [3.8, 4) is 0 Å². The molecular formula is C12H18N2O2. The SMILES string of the molecule is C=CC(C)OC(=O)c1cnn(CC(C)C)c1. The largest absolute Gasteiger partial charge is 0.455 e. The minimum Gasteiger partial charge on any atom is -0.455 e. The molecule has 0 fully saturated rings. The molecule has 0 aliphatic rings. The predicted octanol–water partition coefficient (Wildman–Crippen LogP) is 2.27. The summed E-state index contributed by atoms with van der Waals surface area (Å²) < 4.78 is 6.84. The molecule has 0 aromatic carbocycles. The molecule has 0 amide bonds. The van der Waals surface area contributed by atoms with E-state index in [9.17, 15) is 4.79 Å². The number of carbonyl (C=O) groups excluding carboxylic acids is 1. The zero-order valence-corrected chi connectivity index (χ0v) is 10.0. The van der Waals surface area contributed by atoms with Crippen LogP contribution >= 0.6 is 0 Å². The van der Waals surface area contributed by atoms with E-state index in [2.05, 4.69) is 25.5 Å². The first-order chi connectivity index (χ1) is 7.52. The van der Waals surface area contributed by atoms with Crippen molar-refractivity contribution >= 4 is 5.97 Å². The van der Waals surface area contributed by atoms with Gasteiger partial charge in [-0.15, -0.1) is 0 Å². The molecule has 0 N–H and O–H groups in total. The van der Waals surface area contributed by atoms with E-state index in [4.69, 9.17) is 4.74 Å². The van der Waals surface area contributed by atoms with E-state index >= 15 is 0 Å². The van der Waals surface area contributed by atoms with Crippen molar-refractivity contribution in [1.82, 2.24) is 9.78 Å². The molecule has 0 aliphatic carbocycles. The topological polar surface area (TPSA) is 44.1 Å². The number of nitrogens with zero attached hydrogens (tertiary/aromatic N) is 2. The molecule has 16 heavy (non-hydrogen) atoms. The summed E-state index contributed by atoms with van der Waals surface area (Å²) in [4.78, 5) is 11.6. The van der Waals surface area contributed by atoms with E-state index in [-0.39, 0.29) is 12.1 Å². The van der Waals surface area contributed by atoms with E-state index in [0.717, 1.165) is 6.54 Å². The highest BCUT2D eigenvalue weighted by molar-refractivity contribution is 5.88. The van der Waals surface area contributed by atoms with Gasteiger partial charge in [0.15, 0.2) is 0 Å². The van der Waals surface area contributed by atoms with E-state index < -0.39 is 0 Å². The lowest BCUT2D eigenvalue weighted by Gasteiger charge is -2.06. The van der Waals surface area contributed by atoms with Crippen molar-refractivity contribution in [2.45, 2.75) is 33.4 Å². The van der Waals surface area contributed by atoms with E-state index in [1.165, 1.54) is 6.20 Å². The molecule has 1 aromatic heterocycles. The summed E-state index contributed by atoms with van der Waals surface area (Å²) in [5.74, 6) is 0.137. The van der Waals surface area contributed by atoms with Gasteiger partial charge in [-0.25, -0.2) is 4.79 Å². The van der Waals surface area contributed by atoms with Crippen LogP contribution in [0.2, 0.25) is 0 Å². The van der Waals surface area contributed by atoms with Crippen LogP contribution < -0.4 is 0 Å². The minimum atomic E-state index is -0.359. The molecule has 0 spiro atoms. The fraction of sp³-hybridized carbons (Fsp3) is 0.500. The first-order valence-electron chi connectivity index (χ1n) is 5.39. The van der Waals surface area contributed by atoms with Gasteiger partial charge < -0.3 is 4.74 Å². The molecule has 1 rings (SSSR count). The lowest BCUT2D eigenvalue weighted by atomic mass is 10.2. The van der Waals surface area contributed by atoms with Crippen molar-refractivity contribution in [3.05, 3.63) is 30.6 Å². The average molecular weight is 222 g/mol. The van der Waals surface area contributed by atoms with Crippen LogP contribution in [-0.2, 0) is 11.3 Å². The monoisotopic (exact) mass is 222 g/mol. The van der Waals surface area contributed by atoms with Gasteiger partial charge in [0, 0.05) is 12.7 Å². The maximum atomic E-state index is 11.6. The molecule has 0 bridgehead atoms. The van der Waals surface area contributed by atoms with Gasteiger partial charge in [0.1, 0.15) is 6.10 Å². The summed E-state index contributed by atoms with van der Waals surface area (Å²) in [5.41, 5.74) is 0.481. The van der Waals surface area contributed by atoms with Crippen molar-refractivity contribution in [3.63, 3.8) is 0 Å². The van der Waals surface area contributed by atoms with Crippen molar-refractivity contribution in [2.75, 3.05) is 0 Å². The van der Waals surface area contributed by atoms with Crippen LogP contribution in [-0.4, -0.2) is 21.9 Å². The van der Waals surface area contributed by atoms with E-state index in [0.29, 0.717) is 11.5 Å². The Balaban J connectivity index is 2.63. The minimum absolute atomic E-state index is 0.277. The van der Waals surface area contributed by atoms with Crippen molar-refractivity contribution in [1.29, 1.82) is 0 Å². The van der Waals surface area contributed by atoms with Gasteiger partial charge in [0.2, 0.25) is 0 Å². The van der Waals surface area contributed by atoms with Gasteiger partial charge in [0.25, 0.3) is 0 Å². The highest BCUT2D eigenvalue weighted by atomic mass is 16.5. The Labute approximate surface area is 95.9 Å². The van der Waals surface area contributed by atoms with Crippen LogP contribution in [0.1, 0.15) is 31.1 Å². The average Bonchev–Trinajstić information content (AvgIpc) is 2.65. The second-order valence-corrected chi connectivity index (χ2v) is 4.19. The number of rotatable bonds is 5. The standard InChI is InChI=1S/C12H18N2O2/c1-5-10(4)16-12(15)11-6-13-14(8-11)7-9(2)3/h5-6,8-10H,1,7H2,2-4H3. The first-order valence-corrected chi connectivity index (χ1v) is 5.39. The van der Waals surface area contributed by atoms with Gasteiger partial charge in [-0.1, -0.05) is 26.5 Å². The summed E-state index contributed by atoms with van der Waals surface area (Å²) in [6.45, 7) is 10.3. The molecule has 0 aliphatic heterocycles. The Morgan fingerprint density at radius 2 is 2.31 bits per heavy atom. The number of aromatic nitrogens is 2. The van der Waals surface area contributed by atoms with Crippen molar-refractivity contribution in [2.24, 2.45) is 5.92 Å². The molecule has 0 saturated heterocycles. The summed E-state index contributed by atoms with van der Waals surface area (Å²) in [5, 5.41) is 4.10. The highest BCUT2D eigenvalue weighted by Gasteiger charge is 2.12. The third kappa shape index (κ3) is 3.53. The molecule has 1 unspecified atom stereocenters. The molecule has 0 saturated carbocycles. The molecule has 4 heteroatoms. The van der Waals surface area contributed by atoms with Crippen molar-refractivity contribution < 1.29 is 9.53 Å². The van der Waals surface area contributed by atoms with Crippen LogP contribution in [0.3, 0.4) is 0 Å². The number of hydrogen-bond donors (Lipinski definition) is 0. The number of carbonyl (C=O) groups is 1. The molecule has 4 nitrogen and oxygen atoms in total. The normalized spacial score (nSPS) is 12.5. The maximum Gasteiger partial charge on any atom is 0.341 e. The fourth-order valence-corrected chi connectivity index (χ4v) is 1.23. The molecular weight excluding hydrogens is 204 g/mol. The lowest BCUT2D eigenvalue weighted by Crippen LogP contribution is -2.12. The second-order valence-electron chi connectivity index (χ2n) is 4.19. The quantitative estimate of drug-likeness (QED) is 0.567. The van der Waals surface area contributed by atoms with Gasteiger partial charge in [-0.3, -0.25) is 4.68 Å². The Morgan fingerprint density at radius 1 is 1.62 bits per heavy atom. The Bertz CT molecular complexity index is 369. The van der Waals surface area contributed by atoms with Crippen LogP contribution in [0.5, 0.6) is 0 Å². The van der Waals surface area contributed by atoms with Crippen LogP contribution in [0.15, 0.2) is 25.0 Å². The number of hydrogen-bond acceptors (Lipinski definition) is 3. The van der Waals surface area contributed by atoms with Gasteiger partial charge in [-0.05, 0) is 12.8 Å². The zero-order valence-electron chi connectivity index (χ0n) is 10.0. The summed E-state index contributed by atoms with van der Waals surface area (Å²) in [6, 6.07) is 0. The Morgan fingerprint density at radius 3 is 2.88 bits per heavy atom. The lowest BCUT2D eigenvalue weighted by molar-refractivity contribution is 0.0425. The summed E-state index contributed by atoms with van der Waals surface area (Å²) in [6.07, 6.45) is 4.54. The van der Waals surface area contributed by atoms with Crippen LogP contribution in [0.4, 0.5) is 0 Å². The molecule has 88 valence electrons. The van der Waals surface area contributed by atoms with Crippen LogP contribution in [0, 0.1) is 5.92 Å². The molecule has 0 radical (unpaired) electrons. The van der Waals surface area contributed by atoms with Gasteiger partial charge >= 0.3 is 5.97 Å². The number of ether oxygens (including phenoxy) is 1. The van der Waals surface area contributed by atoms with Gasteiger partial charge in [0.05, 0.1) is 11.8 Å². The molecule has 1 heterocycles. The van der Waals surface area contributed by atoms with E-state index in [1.807, 2.05) is 0 Å². The van der Waals surface area contributed by atoms with Gasteiger partial charge in [-0.2, -0.15) is 5.10 Å².